The smallest absolute Gasteiger partial charge is 0.128 e. The highest BCUT2D eigenvalue weighted by Crippen LogP contribution is 2.23. The number of alkyl halides is 1. The third kappa shape index (κ3) is 6.17. The molecular weight excluding hydrogens is 317 g/mol. The molecule has 1 aromatic rings. The number of benzene rings is 1. The predicted octanol–water partition coefficient (Wildman–Crippen LogP) is 4.72. The Bertz CT molecular complexity index is 390. The summed E-state index contributed by atoms with van der Waals surface area (Å²) < 4.78 is 14.3. The molecule has 18 heavy (non-hydrogen) atoms. The van der Waals surface area contributed by atoms with Crippen molar-refractivity contribution in [1.82, 2.24) is 5.32 Å². The van der Waals surface area contributed by atoms with Crippen LogP contribution in [0.15, 0.2) is 22.7 Å². The Hall–Kier alpha value is -0.120. The lowest BCUT2D eigenvalue weighted by molar-refractivity contribution is 0.364. The zero-order valence-electron chi connectivity index (χ0n) is 11.1. The lowest BCUT2D eigenvalue weighted by Gasteiger charge is -2.22. The summed E-state index contributed by atoms with van der Waals surface area (Å²) in [4.78, 5) is 0. The Kier molecular flexibility index (Phi) is 6.09. The van der Waals surface area contributed by atoms with Crippen LogP contribution in [0.5, 0.6) is 0 Å². The van der Waals surface area contributed by atoms with Gasteiger partial charge in [0.05, 0.1) is 0 Å². The van der Waals surface area contributed by atoms with Crippen LogP contribution < -0.4 is 5.32 Å². The highest BCUT2D eigenvalue weighted by atomic mass is 79.9. The van der Waals surface area contributed by atoms with E-state index in [0.29, 0.717) is 18.7 Å². The van der Waals surface area contributed by atoms with Gasteiger partial charge in [0.1, 0.15) is 5.82 Å². The van der Waals surface area contributed by atoms with Crippen LogP contribution in [-0.4, -0.2) is 11.9 Å². The zero-order chi connectivity index (χ0) is 13.8. The molecule has 1 rings (SSSR count). The lowest BCUT2D eigenvalue weighted by Crippen LogP contribution is -2.26. The quantitative estimate of drug-likeness (QED) is 0.767. The van der Waals surface area contributed by atoms with E-state index in [1.165, 1.54) is 6.07 Å². The molecule has 1 nitrogen and oxygen atoms in total. The largest absolute Gasteiger partial charge is 0.311 e. The van der Waals surface area contributed by atoms with Crippen LogP contribution in [0, 0.1) is 11.2 Å². The normalized spacial score (nSPS) is 13.7. The van der Waals surface area contributed by atoms with Gasteiger partial charge in [0, 0.05) is 28.5 Å². The van der Waals surface area contributed by atoms with Crippen LogP contribution in [0.2, 0.25) is 0 Å². The minimum Gasteiger partial charge on any atom is -0.311 e. The molecule has 0 aliphatic carbocycles. The molecule has 0 spiro atoms. The van der Waals surface area contributed by atoms with E-state index in [-0.39, 0.29) is 16.6 Å². The molecule has 0 saturated heterocycles. The Balaban J connectivity index is 2.37. The van der Waals surface area contributed by atoms with E-state index in [2.05, 4.69) is 42.0 Å². The fourth-order valence-electron chi connectivity index (χ4n) is 1.77. The van der Waals surface area contributed by atoms with Crippen molar-refractivity contribution < 1.29 is 4.39 Å². The zero-order valence-corrected chi connectivity index (χ0v) is 13.4. The lowest BCUT2D eigenvalue weighted by atomic mass is 9.90. The topological polar surface area (TPSA) is 12.0 Å². The summed E-state index contributed by atoms with van der Waals surface area (Å²) in [5, 5.41) is 3.27. The summed E-state index contributed by atoms with van der Waals surface area (Å²) in [6.07, 6.45) is 0.935. The van der Waals surface area contributed by atoms with Gasteiger partial charge in [0.15, 0.2) is 0 Å². The Labute approximate surface area is 122 Å². The number of hydrogen-bond donors (Lipinski definition) is 1. The molecule has 1 unspecified atom stereocenters. The summed E-state index contributed by atoms with van der Waals surface area (Å²) in [5.74, 6) is -0.196. The minimum absolute atomic E-state index is 0.0727. The third-order valence-corrected chi connectivity index (χ3v) is 3.33. The van der Waals surface area contributed by atoms with Gasteiger partial charge >= 0.3 is 0 Å². The first-order valence-corrected chi connectivity index (χ1v) is 7.29. The molecule has 0 amide bonds. The van der Waals surface area contributed by atoms with Crippen molar-refractivity contribution in [3.8, 4) is 0 Å². The second-order valence-corrected chi connectivity index (χ2v) is 7.26. The summed E-state index contributed by atoms with van der Waals surface area (Å²) in [7, 11) is 0. The van der Waals surface area contributed by atoms with Gasteiger partial charge in [-0.05, 0) is 24.0 Å². The third-order valence-electron chi connectivity index (χ3n) is 2.53. The molecule has 0 heterocycles. The van der Waals surface area contributed by atoms with E-state index < -0.39 is 0 Å². The van der Waals surface area contributed by atoms with Crippen LogP contribution in [-0.2, 0) is 6.54 Å². The molecule has 4 heteroatoms. The maximum Gasteiger partial charge on any atom is 0.128 e. The summed E-state index contributed by atoms with van der Waals surface area (Å²) in [5.41, 5.74) is 0.884. The Morgan fingerprint density at radius 3 is 2.61 bits per heavy atom. The van der Waals surface area contributed by atoms with Crippen molar-refractivity contribution in [3.63, 3.8) is 0 Å². The average molecular weight is 337 g/mol. The van der Waals surface area contributed by atoms with Crippen LogP contribution in [0.4, 0.5) is 4.39 Å². The number of rotatable bonds is 5. The van der Waals surface area contributed by atoms with Crippen LogP contribution in [0.3, 0.4) is 0 Å². The van der Waals surface area contributed by atoms with E-state index >= 15 is 0 Å². The second kappa shape index (κ2) is 6.88. The number of hydrogen-bond acceptors (Lipinski definition) is 1. The van der Waals surface area contributed by atoms with Gasteiger partial charge in [-0.2, -0.15) is 0 Å². The van der Waals surface area contributed by atoms with Gasteiger partial charge in [-0.3, -0.25) is 0 Å². The first kappa shape index (κ1) is 15.9. The minimum atomic E-state index is -0.196. The van der Waals surface area contributed by atoms with Gasteiger partial charge in [0.25, 0.3) is 0 Å². The first-order chi connectivity index (χ1) is 8.28. The maximum absolute atomic E-state index is 13.5. The molecule has 0 saturated carbocycles. The Morgan fingerprint density at radius 2 is 2.06 bits per heavy atom. The first-order valence-electron chi connectivity index (χ1n) is 6.06. The molecule has 0 aliphatic rings. The van der Waals surface area contributed by atoms with E-state index in [4.69, 9.17) is 11.6 Å². The summed E-state index contributed by atoms with van der Waals surface area (Å²) >= 11 is 9.47. The van der Waals surface area contributed by atoms with Gasteiger partial charge in [-0.1, -0.05) is 42.8 Å². The molecule has 0 aliphatic heterocycles. The van der Waals surface area contributed by atoms with E-state index in [1.807, 2.05) is 6.07 Å². The molecule has 0 fully saturated rings. The van der Waals surface area contributed by atoms with E-state index in [0.717, 1.165) is 10.9 Å². The molecule has 0 radical (unpaired) electrons. The fourth-order valence-corrected chi connectivity index (χ4v) is 2.67. The monoisotopic (exact) mass is 335 g/mol. The van der Waals surface area contributed by atoms with Gasteiger partial charge in [0.2, 0.25) is 0 Å². The predicted molar refractivity (Wildman–Crippen MR) is 79.5 cm³/mol. The van der Waals surface area contributed by atoms with Crippen molar-refractivity contribution in [2.24, 2.45) is 5.41 Å². The van der Waals surface area contributed by atoms with Gasteiger partial charge in [-0.15, -0.1) is 11.6 Å². The van der Waals surface area contributed by atoms with Crippen molar-refractivity contribution in [2.75, 3.05) is 6.54 Å². The number of halogens is 3. The van der Waals surface area contributed by atoms with Crippen LogP contribution >= 0.6 is 27.5 Å². The fraction of sp³-hybridized carbons (Fsp3) is 0.571. The highest BCUT2D eigenvalue weighted by molar-refractivity contribution is 9.10. The summed E-state index contributed by atoms with van der Waals surface area (Å²) in [6.45, 7) is 7.69. The molecule has 0 aromatic heterocycles. The van der Waals surface area contributed by atoms with Crippen LogP contribution in [0.25, 0.3) is 0 Å². The number of nitrogens with one attached hydrogen (secondary N) is 1. The van der Waals surface area contributed by atoms with Gasteiger partial charge < -0.3 is 5.32 Å². The summed E-state index contributed by atoms with van der Waals surface area (Å²) in [6, 6.07) is 5.09. The molecule has 1 aromatic carbocycles. The van der Waals surface area contributed by atoms with Crippen molar-refractivity contribution in [1.29, 1.82) is 0 Å². The van der Waals surface area contributed by atoms with Crippen molar-refractivity contribution in [3.05, 3.63) is 34.1 Å². The van der Waals surface area contributed by atoms with Gasteiger partial charge in [-0.25, -0.2) is 4.39 Å². The highest BCUT2D eigenvalue weighted by Gasteiger charge is 2.16. The Morgan fingerprint density at radius 1 is 1.39 bits per heavy atom. The molecular formula is C14H20BrClFN. The standard InChI is InChI=1S/C14H20BrClFN/c1-14(2,3)7-12(16)9-18-8-10-4-5-11(15)6-13(10)17/h4-6,12,18H,7-9H2,1-3H3. The van der Waals surface area contributed by atoms with Crippen LogP contribution in [0.1, 0.15) is 32.8 Å². The SMILES string of the molecule is CC(C)(C)CC(Cl)CNCc1ccc(Br)cc1F. The second-order valence-electron chi connectivity index (χ2n) is 5.73. The molecule has 1 N–H and O–H groups in total. The molecule has 0 bridgehead atoms. The average Bonchev–Trinajstić information content (AvgIpc) is 2.18. The molecule has 1 atom stereocenters. The van der Waals surface area contributed by atoms with Crippen molar-refractivity contribution in [2.45, 2.75) is 39.1 Å². The van der Waals surface area contributed by atoms with Crippen molar-refractivity contribution >= 4 is 27.5 Å². The maximum atomic E-state index is 13.5. The molecule has 102 valence electrons. The van der Waals surface area contributed by atoms with E-state index in [9.17, 15) is 4.39 Å². The van der Waals surface area contributed by atoms with E-state index in [1.54, 1.807) is 6.07 Å².